The van der Waals surface area contributed by atoms with Crippen LogP contribution in [0.2, 0.25) is 0 Å². The minimum absolute atomic E-state index is 0.101. The van der Waals surface area contributed by atoms with Gasteiger partial charge in [0.25, 0.3) is 0 Å². The molecule has 20 heavy (non-hydrogen) atoms. The van der Waals surface area contributed by atoms with Gasteiger partial charge >= 0.3 is 0 Å². The molecule has 0 bridgehead atoms. The molecule has 3 N–H and O–H groups in total. The van der Waals surface area contributed by atoms with Crippen LogP contribution in [0.5, 0.6) is 0 Å². The summed E-state index contributed by atoms with van der Waals surface area (Å²) < 4.78 is 24.3. The van der Waals surface area contributed by atoms with Crippen molar-refractivity contribution in [1.82, 2.24) is 10.3 Å². The van der Waals surface area contributed by atoms with Crippen molar-refractivity contribution in [1.29, 1.82) is 0 Å². The van der Waals surface area contributed by atoms with E-state index in [-0.39, 0.29) is 30.0 Å². The number of nitrogens with one attached hydrogen (secondary N) is 2. The van der Waals surface area contributed by atoms with Gasteiger partial charge in [-0.3, -0.25) is 9.52 Å². The Morgan fingerprint density at radius 3 is 2.85 bits per heavy atom. The number of carbonyl (C=O) groups excluding carboxylic acids is 1. The molecule has 1 aromatic heterocycles. The number of aliphatic hydroxyl groups excluding tert-OH is 1. The second-order valence-electron chi connectivity index (χ2n) is 4.62. The summed E-state index contributed by atoms with van der Waals surface area (Å²) in [6.07, 6.45) is 1.79. The molecule has 1 heterocycles. The van der Waals surface area contributed by atoms with Gasteiger partial charge < -0.3 is 10.4 Å². The monoisotopic (exact) mass is 321 g/mol. The topological polar surface area (TPSA) is 108 Å². The van der Waals surface area contributed by atoms with Gasteiger partial charge in [0.1, 0.15) is 0 Å². The van der Waals surface area contributed by atoms with Crippen molar-refractivity contribution < 1.29 is 18.3 Å². The zero-order valence-electron chi connectivity index (χ0n) is 11.4. The predicted octanol–water partition coefficient (Wildman–Crippen LogP) is 0.192. The fourth-order valence-corrected chi connectivity index (χ4v) is 2.99. The average Bonchev–Trinajstić information content (AvgIpc) is 2.71. The van der Waals surface area contributed by atoms with Gasteiger partial charge in [-0.2, -0.15) is 0 Å². The standard InChI is InChI=1S/C11H19N3O4S2/c1-8(3-4-15)6-12-10(16)5-9-7-19-11(13-9)14-20(2,17)18/h7-8,15H,3-6H2,1-2H3,(H,12,16)(H,13,14). The molecule has 0 aliphatic rings. The Hall–Kier alpha value is -1.19. The van der Waals surface area contributed by atoms with Crippen LogP contribution in [0.3, 0.4) is 0 Å². The van der Waals surface area contributed by atoms with E-state index in [0.717, 1.165) is 17.6 Å². The first kappa shape index (κ1) is 16.9. The highest BCUT2D eigenvalue weighted by Gasteiger charge is 2.11. The molecule has 7 nitrogen and oxygen atoms in total. The number of hydrogen-bond acceptors (Lipinski definition) is 6. The van der Waals surface area contributed by atoms with Crippen molar-refractivity contribution in [3.05, 3.63) is 11.1 Å². The second kappa shape index (κ2) is 7.55. The first-order chi connectivity index (χ1) is 9.30. The third-order valence-corrected chi connectivity index (χ3v) is 3.94. The van der Waals surface area contributed by atoms with E-state index in [2.05, 4.69) is 15.0 Å². The van der Waals surface area contributed by atoms with Gasteiger partial charge in [-0.15, -0.1) is 11.3 Å². The van der Waals surface area contributed by atoms with Crippen LogP contribution in [0.1, 0.15) is 19.0 Å². The van der Waals surface area contributed by atoms with Crippen LogP contribution in [0.4, 0.5) is 5.13 Å². The van der Waals surface area contributed by atoms with Crippen molar-refractivity contribution in [2.24, 2.45) is 5.92 Å². The van der Waals surface area contributed by atoms with Gasteiger partial charge in [-0.1, -0.05) is 6.92 Å². The number of amides is 1. The highest BCUT2D eigenvalue weighted by atomic mass is 32.2. The molecule has 1 rings (SSSR count). The average molecular weight is 321 g/mol. The van der Waals surface area contributed by atoms with Crippen molar-refractivity contribution in [3.8, 4) is 0 Å². The number of thiazole rings is 1. The maximum atomic E-state index is 11.7. The van der Waals surface area contributed by atoms with E-state index >= 15 is 0 Å². The van der Waals surface area contributed by atoms with Crippen LogP contribution >= 0.6 is 11.3 Å². The van der Waals surface area contributed by atoms with Crippen molar-refractivity contribution in [3.63, 3.8) is 0 Å². The number of nitrogens with zero attached hydrogens (tertiary/aromatic N) is 1. The molecule has 1 aromatic rings. The number of aliphatic hydroxyl groups is 1. The number of anilines is 1. The van der Waals surface area contributed by atoms with E-state index in [1.807, 2.05) is 6.92 Å². The molecular weight excluding hydrogens is 302 g/mol. The Kier molecular flexibility index (Phi) is 6.37. The maximum absolute atomic E-state index is 11.7. The Balaban J connectivity index is 2.43. The van der Waals surface area contributed by atoms with Crippen LogP contribution in [0.15, 0.2) is 5.38 Å². The number of aromatic nitrogens is 1. The van der Waals surface area contributed by atoms with E-state index in [4.69, 9.17) is 5.11 Å². The van der Waals surface area contributed by atoms with Gasteiger partial charge in [0.05, 0.1) is 18.4 Å². The van der Waals surface area contributed by atoms with Crippen molar-refractivity contribution >= 4 is 32.4 Å². The Morgan fingerprint density at radius 2 is 2.25 bits per heavy atom. The summed E-state index contributed by atoms with van der Waals surface area (Å²) in [6, 6.07) is 0. The third-order valence-electron chi connectivity index (χ3n) is 2.44. The van der Waals surface area contributed by atoms with E-state index in [9.17, 15) is 13.2 Å². The third kappa shape index (κ3) is 6.83. The first-order valence-corrected chi connectivity index (χ1v) is 8.87. The highest BCUT2D eigenvalue weighted by Crippen LogP contribution is 2.16. The number of rotatable bonds is 8. The largest absolute Gasteiger partial charge is 0.396 e. The molecule has 0 aromatic carbocycles. The molecular formula is C11H19N3O4S2. The van der Waals surface area contributed by atoms with E-state index in [1.165, 1.54) is 0 Å². The minimum Gasteiger partial charge on any atom is -0.396 e. The van der Waals surface area contributed by atoms with Gasteiger partial charge in [-0.05, 0) is 12.3 Å². The van der Waals surface area contributed by atoms with Crippen LogP contribution in [0, 0.1) is 5.92 Å². The molecule has 1 unspecified atom stereocenters. The lowest BCUT2D eigenvalue weighted by atomic mass is 10.1. The normalized spacial score (nSPS) is 12.9. The maximum Gasteiger partial charge on any atom is 0.231 e. The fraction of sp³-hybridized carbons (Fsp3) is 0.636. The summed E-state index contributed by atoms with van der Waals surface area (Å²) in [7, 11) is -3.35. The van der Waals surface area contributed by atoms with Crippen molar-refractivity contribution in [2.75, 3.05) is 24.1 Å². The molecule has 9 heteroatoms. The number of carbonyl (C=O) groups is 1. The number of hydrogen-bond donors (Lipinski definition) is 3. The fourth-order valence-electron chi connectivity index (χ4n) is 1.43. The zero-order chi connectivity index (χ0) is 15.2. The summed E-state index contributed by atoms with van der Waals surface area (Å²) in [4.78, 5) is 15.7. The van der Waals surface area contributed by atoms with Gasteiger partial charge in [-0.25, -0.2) is 13.4 Å². The van der Waals surface area contributed by atoms with E-state index < -0.39 is 10.0 Å². The van der Waals surface area contributed by atoms with Crippen molar-refractivity contribution in [2.45, 2.75) is 19.8 Å². The first-order valence-electron chi connectivity index (χ1n) is 6.10. The Morgan fingerprint density at radius 1 is 1.55 bits per heavy atom. The zero-order valence-corrected chi connectivity index (χ0v) is 13.1. The van der Waals surface area contributed by atoms with Crippen LogP contribution in [0.25, 0.3) is 0 Å². The summed E-state index contributed by atoms with van der Waals surface area (Å²) >= 11 is 1.14. The molecule has 114 valence electrons. The molecule has 0 spiro atoms. The summed E-state index contributed by atoms with van der Waals surface area (Å²) in [6.45, 7) is 2.54. The molecule has 1 amide bonds. The summed E-state index contributed by atoms with van der Waals surface area (Å²) in [5.41, 5.74) is 0.522. The van der Waals surface area contributed by atoms with Gasteiger partial charge in [0.2, 0.25) is 15.9 Å². The highest BCUT2D eigenvalue weighted by molar-refractivity contribution is 7.92. The summed E-state index contributed by atoms with van der Waals surface area (Å²) in [5.74, 6) is 0.0350. The molecule has 0 saturated carbocycles. The smallest absolute Gasteiger partial charge is 0.231 e. The minimum atomic E-state index is -3.35. The van der Waals surface area contributed by atoms with Crippen LogP contribution in [-0.4, -0.2) is 43.8 Å². The quantitative estimate of drug-likeness (QED) is 0.633. The SMILES string of the molecule is CC(CCO)CNC(=O)Cc1csc(NS(C)(=O)=O)n1. The lowest BCUT2D eigenvalue weighted by molar-refractivity contribution is -0.120. The lowest BCUT2D eigenvalue weighted by Gasteiger charge is -2.10. The second-order valence-corrected chi connectivity index (χ2v) is 7.22. The Labute approximate surface area is 122 Å². The van der Waals surface area contributed by atoms with Crippen LogP contribution < -0.4 is 10.0 Å². The van der Waals surface area contributed by atoms with E-state index in [1.54, 1.807) is 5.38 Å². The predicted molar refractivity (Wildman–Crippen MR) is 78.2 cm³/mol. The molecule has 0 fully saturated rings. The van der Waals surface area contributed by atoms with Crippen LogP contribution in [-0.2, 0) is 21.2 Å². The van der Waals surface area contributed by atoms with Gasteiger partial charge in [0.15, 0.2) is 5.13 Å². The Bertz CT molecular complexity index is 542. The number of sulfonamides is 1. The van der Waals surface area contributed by atoms with E-state index in [0.29, 0.717) is 18.7 Å². The summed E-state index contributed by atoms with van der Waals surface area (Å²) in [5, 5.41) is 13.4. The lowest BCUT2D eigenvalue weighted by Crippen LogP contribution is -2.30. The molecule has 0 saturated heterocycles. The van der Waals surface area contributed by atoms with Gasteiger partial charge in [0, 0.05) is 18.5 Å². The molecule has 1 atom stereocenters. The molecule has 0 aliphatic heterocycles. The molecule has 0 aliphatic carbocycles. The molecule has 0 radical (unpaired) electrons.